The van der Waals surface area contributed by atoms with Crippen molar-refractivity contribution in [3.8, 4) is 0 Å². The van der Waals surface area contributed by atoms with Gasteiger partial charge in [0.25, 0.3) is 0 Å². The predicted octanol–water partition coefficient (Wildman–Crippen LogP) is 3.53. The van der Waals surface area contributed by atoms with E-state index in [0.29, 0.717) is 5.92 Å². The molecule has 2 saturated carbocycles. The molecular weight excluding hydrogens is 288 g/mol. The Morgan fingerprint density at radius 3 is 2.13 bits per heavy atom. The van der Waals surface area contributed by atoms with Crippen LogP contribution in [0.4, 0.5) is 0 Å². The lowest BCUT2D eigenvalue weighted by Gasteiger charge is -2.42. The Morgan fingerprint density at radius 2 is 1.65 bits per heavy atom. The summed E-state index contributed by atoms with van der Waals surface area (Å²) in [6, 6.07) is 0. The average molecular weight is 322 g/mol. The van der Waals surface area contributed by atoms with Crippen molar-refractivity contribution < 1.29 is 9.59 Å². The molecule has 0 radical (unpaired) electrons. The normalized spacial score (nSPS) is 23.4. The van der Waals surface area contributed by atoms with Crippen LogP contribution in [0.3, 0.4) is 0 Å². The minimum Gasteiger partial charge on any atom is -0.369 e. The summed E-state index contributed by atoms with van der Waals surface area (Å²) >= 11 is 0. The summed E-state index contributed by atoms with van der Waals surface area (Å²) < 4.78 is 0. The van der Waals surface area contributed by atoms with Gasteiger partial charge in [-0.3, -0.25) is 9.59 Å². The SMILES string of the molecule is CC(C)(C)NC(=O)[C@H](CC1CCCC1)C1(C(N)=O)CCCCC1. The molecule has 23 heavy (non-hydrogen) atoms. The monoisotopic (exact) mass is 322 g/mol. The lowest BCUT2D eigenvalue weighted by atomic mass is 9.62. The lowest BCUT2D eigenvalue weighted by molar-refractivity contribution is -0.144. The molecule has 0 aromatic rings. The Hall–Kier alpha value is -1.06. The number of primary amides is 1. The van der Waals surface area contributed by atoms with Crippen LogP contribution in [0, 0.1) is 17.3 Å². The molecule has 2 fully saturated rings. The average Bonchev–Trinajstić information content (AvgIpc) is 2.96. The van der Waals surface area contributed by atoms with E-state index in [1.807, 2.05) is 20.8 Å². The van der Waals surface area contributed by atoms with Gasteiger partial charge in [0.15, 0.2) is 0 Å². The highest BCUT2D eigenvalue weighted by Gasteiger charge is 2.49. The number of hydrogen-bond donors (Lipinski definition) is 2. The molecule has 0 saturated heterocycles. The predicted molar refractivity (Wildman–Crippen MR) is 92.7 cm³/mol. The molecule has 0 spiro atoms. The first-order valence-electron chi connectivity index (χ1n) is 9.36. The number of carbonyl (C=O) groups is 2. The number of nitrogens with one attached hydrogen (secondary N) is 1. The first-order valence-corrected chi connectivity index (χ1v) is 9.36. The van der Waals surface area contributed by atoms with Gasteiger partial charge in [0.05, 0.1) is 11.3 Å². The van der Waals surface area contributed by atoms with E-state index >= 15 is 0 Å². The van der Waals surface area contributed by atoms with Crippen LogP contribution in [0.25, 0.3) is 0 Å². The van der Waals surface area contributed by atoms with E-state index in [2.05, 4.69) is 5.32 Å². The lowest BCUT2D eigenvalue weighted by Crippen LogP contribution is -2.54. The van der Waals surface area contributed by atoms with Crippen LogP contribution in [-0.2, 0) is 9.59 Å². The third kappa shape index (κ3) is 4.48. The molecule has 0 bridgehead atoms. The van der Waals surface area contributed by atoms with Crippen molar-refractivity contribution in [3.63, 3.8) is 0 Å². The minimum absolute atomic E-state index is 0.0325. The Morgan fingerprint density at radius 1 is 1.09 bits per heavy atom. The number of amides is 2. The van der Waals surface area contributed by atoms with Gasteiger partial charge in [0.1, 0.15) is 0 Å². The third-order valence-corrected chi connectivity index (χ3v) is 5.76. The Bertz CT molecular complexity index is 427. The number of hydrogen-bond acceptors (Lipinski definition) is 2. The van der Waals surface area contributed by atoms with Crippen molar-refractivity contribution in [3.05, 3.63) is 0 Å². The van der Waals surface area contributed by atoms with E-state index in [-0.39, 0.29) is 23.3 Å². The van der Waals surface area contributed by atoms with E-state index < -0.39 is 5.41 Å². The van der Waals surface area contributed by atoms with Crippen molar-refractivity contribution in [1.29, 1.82) is 0 Å². The van der Waals surface area contributed by atoms with Crippen molar-refractivity contribution in [1.82, 2.24) is 5.32 Å². The molecule has 132 valence electrons. The molecular formula is C19H34N2O2. The molecule has 0 aromatic heterocycles. The Labute approximate surface area is 141 Å². The van der Waals surface area contributed by atoms with E-state index in [9.17, 15) is 9.59 Å². The summed E-state index contributed by atoms with van der Waals surface area (Å²) in [4.78, 5) is 25.4. The molecule has 3 N–H and O–H groups in total. The van der Waals surface area contributed by atoms with E-state index in [4.69, 9.17) is 5.73 Å². The zero-order chi connectivity index (χ0) is 17.1. The van der Waals surface area contributed by atoms with Crippen LogP contribution in [-0.4, -0.2) is 17.4 Å². The molecule has 4 nitrogen and oxygen atoms in total. The van der Waals surface area contributed by atoms with Gasteiger partial charge >= 0.3 is 0 Å². The smallest absolute Gasteiger partial charge is 0.224 e. The van der Waals surface area contributed by atoms with E-state index in [0.717, 1.165) is 38.5 Å². The van der Waals surface area contributed by atoms with Gasteiger partial charge in [-0.25, -0.2) is 0 Å². The van der Waals surface area contributed by atoms with Crippen LogP contribution in [0.2, 0.25) is 0 Å². The van der Waals surface area contributed by atoms with Gasteiger partial charge in [-0.1, -0.05) is 44.9 Å². The number of rotatable bonds is 5. The highest BCUT2D eigenvalue weighted by molar-refractivity contribution is 5.90. The van der Waals surface area contributed by atoms with E-state index in [1.54, 1.807) is 0 Å². The van der Waals surface area contributed by atoms with Crippen LogP contribution in [0.5, 0.6) is 0 Å². The summed E-state index contributed by atoms with van der Waals surface area (Å²) in [5, 5.41) is 3.12. The van der Waals surface area contributed by atoms with Gasteiger partial charge in [-0.15, -0.1) is 0 Å². The second-order valence-electron chi connectivity index (χ2n) is 8.76. The standard InChI is InChI=1S/C19H34N2O2/c1-18(2,3)21-16(22)15(13-14-9-5-6-10-14)19(17(20)23)11-7-4-8-12-19/h14-15H,4-13H2,1-3H3,(H2,20,23)(H,21,22)/t15-/m0/s1. The maximum Gasteiger partial charge on any atom is 0.224 e. The van der Waals surface area contributed by atoms with Crippen molar-refractivity contribution in [2.24, 2.45) is 23.0 Å². The number of nitrogens with two attached hydrogens (primary N) is 1. The fourth-order valence-corrected chi connectivity index (χ4v) is 4.57. The first-order chi connectivity index (χ1) is 10.7. The first kappa shape index (κ1) is 18.3. The van der Waals surface area contributed by atoms with Crippen LogP contribution in [0.15, 0.2) is 0 Å². The molecule has 2 rings (SSSR count). The molecule has 2 amide bonds. The quantitative estimate of drug-likeness (QED) is 0.812. The maximum absolute atomic E-state index is 13.0. The van der Waals surface area contributed by atoms with Crippen LogP contribution in [0.1, 0.15) is 85.0 Å². The zero-order valence-electron chi connectivity index (χ0n) is 15.1. The molecule has 0 heterocycles. The summed E-state index contributed by atoms with van der Waals surface area (Å²) in [5.74, 6) is 0.0841. The van der Waals surface area contributed by atoms with E-state index in [1.165, 1.54) is 25.7 Å². The zero-order valence-corrected chi connectivity index (χ0v) is 15.1. The molecule has 2 aliphatic carbocycles. The second kappa shape index (κ2) is 7.23. The maximum atomic E-state index is 13.0. The summed E-state index contributed by atoms with van der Waals surface area (Å²) in [6.07, 6.45) is 10.4. The van der Waals surface area contributed by atoms with Crippen molar-refractivity contribution in [2.45, 2.75) is 90.5 Å². The minimum atomic E-state index is -0.629. The largest absolute Gasteiger partial charge is 0.369 e. The summed E-state index contributed by atoms with van der Waals surface area (Å²) in [6.45, 7) is 5.99. The molecule has 1 atom stereocenters. The fraction of sp³-hybridized carbons (Fsp3) is 0.895. The topological polar surface area (TPSA) is 72.2 Å². The molecule has 0 aromatic carbocycles. The summed E-state index contributed by atoms with van der Waals surface area (Å²) in [7, 11) is 0. The van der Waals surface area contributed by atoms with Gasteiger partial charge < -0.3 is 11.1 Å². The molecule has 4 heteroatoms. The van der Waals surface area contributed by atoms with Gasteiger partial charge in [-0.2, -0.15) is 0 Å². The molecule has 0 aliphatic heterocycles. The number of carbonyl (C=O) groups excluding carboxylic acids is 2. The van der Waals surface area contributed by atoms with Crippen molar-refractivity contribution >= 4 is 11.8 Å². The second-order valence-corrected chi connectivity index (χ2v) is 8.76. The third-order valence-electron chi connectivity index (χ3n) is 5.76. The molecule has 2 aliphatic rings. The van der Waals surface area contributed by atoms with Gasteiger partial charge in [0.2, 0.25) is 11.8 Å². The molecule has 0 unspecified atom stereocenters. The Kier molecular flexibility index (Phi) is 5.74. The fourth-order valence-electron chi connectivity index (χ4n) is 4.57. The van der Waals surface area contributed by atoms with Crippen LogP contribution >= 0.6 is 0 Å². The highest BCUT2D eigenvalue weighted by Crippen LogP contribution is 2.47. The highest BCUT2D eigenvalue weighted by atomic mass is 16.2. The van der Waals surface area contributed by atoms with Crippen molar-refractivity contribution in [2.75, 3.05) is 0 Å². The van der Waals surface area contributed by atoms with Gasteiger partial charge in [-0.05, 0) is 46.0 Å². The van der Waals surface area contributed by atoms with Gasteiger partial charge in [0, 0.05) is 5.54 Å². The summed E-state index contributed by atoms with van der Waals surface area (Å²) in [5.41, 5.74) is 4.95. The Balaban J connectivity index is 2.25. The van der Waals surface area contributed by atoms with Crippen LogP contribution < -0.4 is 11.1 Å².